The highest BCUT2D eigenvalue weighted by Crippen LogP contribution is 2.43. The molecule has 0 bridgehead atoms. The first-order chi connectivity index (χ1) is 9.76. The minimum atomic E-state index is -0.347. The highest BCUT2D eigenvalue weighted by Gasteiger charge is 2.38. The molecule has 0 unspecified atom stereocenters. The van der Waals surface area contributed by atoms with E-state index in [-0.39, 0.29) is 5.79 Å². The molecule has 2 aliphatic heterocycles. The minimum Gasteiger partial charge on any atom is -0.347 e. The standard InChI is InChI=1S/C16H15BrNO2/c17-12-1-2-15-13(9-12)14(10-18-15)11-3-5-16(6-4-11)19-7-8-20-16/h1-3,9-10H,4-8H2. The van der Waals surface area contributed by atoms with Crippen LogP contribution >= 0.6 is 15.9 Å². The van der Waals surface area contributed by atoms with E-state index in [1.54, 1.807) is 0 Å². The van der Waals surface area contributed by atoms with Gasteiger partial charge in [0.25, 0.3) is 0 Å². The van der Waals surface area contributed by atoms with Crippen LogP contribution in [0.25, 0.3) is 5.57 Å². The van der Waals surface area contributed by atoms with E-state index in [2.05, 4.69) is 39.5 Å². The van der Waals surface area contributed by atoms with Crippen LogP contribution in [-0.2, 0) is 9.47 Å². The van der Waals surface area contributed by atoms with Crippen LogP contribution in [0.15, 0.2) is 40.5 Å². The summed E-state index contributed by atoms with van der Waals surface area (Å²) >= 11 is 3.54. The lowest BCUT2D eigenvalue weighted by Gasteiger charge is -2.31. The third kappa shape index (κ3) is 2.03. The molecule has 1 saturated heterocycles. The fraction of sp³-hybridized carbons (Fsp3) is 0.375. The maximum atomic E-state index is 5.76. The Morgan fingerprint density at radius 1 is 1.20 bits per heavy atom. The van der Waals surface area contributed by atoms with Crippen molar-refractivity contribution >= 4 is 27.2 Å². The number of benzene rings is 1. The van der Waals surface area contributed by atoms with Gasteiger partial charge in [-0.3, -0.25) is 5.32 Å². The number of allylic oxidation sites excluding steroid dienone is 2. The number of hydrogen-bond donors (Lipinski definition) is 0. The summed E-state index contributed by atoms with van der Waals surface area (Å²) < 4.78 is 12.6. The molecule has 2 heterocycles. The van der Waals surface area contributed by atoms with Gasteiger partial charge in [-0.25, -0.2) is 0 Å². The molecule has 1 aliphatic carbocycles. The van der Waals surface area contributed by atoms with Crippen LogP contribution in [-0.4, -0.2) is 19.0 Å². The van der Waals surface area contributed by atoms with Gasteiger partial charge in [0.05, 0.1) is 18.9 Å². The molecule has 1 radical (unpaired) electrons. The van der Waals surface area contributed by atoms with E-state index >= 15 is 0 Å². The zero-order valence-electron chi connectivity index (χ0n) is 11.1. The molecule has 3 nitrogen and oxygen atoms in total. The van der Waals surface area contributed by atoms with Crippen molar-refractivity contribution in [3.8, 4) is 0 Å². The van der Waals surface area contributed by atoms with Gasteiger partial charge in [0.1, 0.15) is 0 Å². The highest BCUT2D eigenvalue weighted by atomic mass is 79.9. The summed E-state index contributed by atoms with van der Waals surface area (Å²) in [6.07, 6.45) is 6.99. The number of halogens is 1. The first kappa shape index (κ1) is 12.6. The van der Waals surface area contributed by atoms with Gasteiger partial charge >= 0.3 is 0 Å². The van der Waals surface area contributed by atoms with Crippen LogP contribution in [0.4, 0.5) is 5.69 Å². The monoisotopic (exact) mass is 332 g/mol. The van der Waals surface area contributed by atoms with Gasteiger partial charge in [0.15, 0.2) is 5.79 Å². The van der Waals surface area contributed by atoms with Gasteiger partial charge in [-0.1, -0.05) is 22.0 Å². The second-order valence-corrected chi connectivity index (χ2v) is 6.29. The molecule has 1 aromatic rings. The van der Waals surface area contributed by atoms with Crippen molar-refractivity contribution < 1.29 is 9.47 Å². The van der Waals surface area contributed by atoms with Crippen LogP contribution in [0, 0.1) is 0 Å². The molecule has 20 heavy (non-hydrogen) atoms. The minimum absolute atomic E-state index is 0.347. The van der Waals surface area contributed by atoms with Crippen LogP contribution in [0.2, 0.25) is 0 Å². The number of rotatable bonds is 1. The van der Waals surface area contributed by atoms with Crippen LogP contribution in [0.5, 0.6) is 0 Å². The summed E-state index contributed by atoms with van der Waals surface area (Å²) in [5.41, 5.74) is 4.87. The summed E-state index contributed by atoms with van der Waals surface area (Å²) in [6.45, 7) is 1.44. The van der Waals surface area contributed by atoms with E-state index in [0.717, 1.165) is 42.6 Å². The normalized spacial score (nSPS) is 23.2. The van der Waals surface area contributed by atoms with E-state index in [1.807, 2.05) is 12.3 Å². The molecular formula is C16H15BrNO2. The van der Waals surface area contributed by atoms with Crippen molar-refractivity contribution in [2.24, 2.45) is 0 Å². The first-order valence-electron chi connectivity index (χ1n) is 6.94. The topological polar surface area (TPSA) is 32.6 Å². The third-order valence-electron chi connectivity index (χ3n) is 4.18. The van der Waals surface area contributed by atoms with E-state index in [9.17, 15) is 0 Å². The molecule has 1 fully saturated rings. The molecule has 4 heteroatoms. The van der Waals surface area contributed by atoms with Gasteiger partial charge in [0, 0.05) is 34.7 Å². The molecule has 0 atom stereocenters. The smallest absolute Gasteiger partial charge is 0.172 e. The molecule has 103 valence electrons. The van der Waals surface area contributed by atoms with E-state index in [1.165, 1.54) is 16.7 Å². The number of nitrogens with zero attached hydrogens (tertiary/aromatic N) is 1. The zero-order chi connectivity index (χ0) is 13.6. The maximum Gasteiger partial charge on any atom is 0.172 e. The van der Waals surface area contributed by atoms with Gasteiger partial charge in [0.2, 0.25) is 0 Å². The van der Waals surface area contributed by atoms with Crippen LogP contribution in [0.3, 0.4) is 0 Å². The van der Waals surface area contributed by atoms with Gasteiger partial charge in [-0.2, -0.15) is 0 Å². The van der Waals surface area contributed by atoms with Crippen molar-refractivity contribution in [1.29, 1.82) is 0 Å². The summed E-state index contributed by atoms with van der Waals surface area (Å²) in [5.74, 6) is -0.347. The Labute approximate surface area is 126 Å². The third-order valence-corrected chi connectivity index (χ3v) is 4.67. The summed E-state index contributed by atoms with van der Waals surface area (Å²) in [4.78, 5) is 0. The van der Waals surface area contributed by atoms with Gasteiger partial charge in [-0.05, 0) is 30.2 Å². The highest BCUT2D eigenvalue weighted by molar-refractivity contribution is 9.10. The molecular weight excluding hydrogens is 318 g/mol. The Morgan fingerprint density at radius 2 is 2.05 bits per heavy atom. The lowest BCUT2D eigenvalue weighted by atomic mass is 9.87. The second-order valence-electron chi connectivity index (χ2n) is 5.37. The Morgan fingerprint density at radius 3 is 2.80 bits per heavy atom. The SMILES string of the molecule is Brc1ccc2c(c1)C(C1=CCC3(CC1)OCCO3)=C[N]2. The maximum absolute atomic E-state index is 5.76. The fourth-order valence-electron chi connectivity index (χ4n) is 3.11. The average molecular weight is 333 g/mol. The van der Waals surface area contributed by atoms with Crippen LogP contribution in [0.1, 0.15) is 24.8 Å². The Balaban J connectivity index is 1.62. The molecule has 0 saturated carbocycles. The van der Waals surface area contributed by atoms with E-state index in [4.69, 9.17) is 9.47 Å². The Hall–Kier alpha value is -1.10. The molecule has 4 rings (SSSR count). The lowest BCUT2D eigenvalue weighted by molar-refractivity contribution is -0.161. The molecule has 3 aliphatic rings. The molecule has 1 aromatic carbocycles. The Bertz CT molecular complexity index is 615. The number of ether oxygens (including phenoxy) is 2. The summed E-state index contributed by atoms with van der Waals surface area (Å²) in [7, 11) is 0. The molecule has 0 aromatic heterocycles. The predicted molar refractivity (Wildman–Crippen MR) is 80.5 cm³/mol. The molecule has 0 amide bonds. The van der Waals surface area contributed by atoms with Crippen molar-refractivity contribution in [2.75, 3.05) is 13.2 Å². The number of fused-ring (bicyclic) bond motifs is 1. The zero-order valence-corrected chi connectivity index (χ0v) is 12.6. The predicted octanol–water partition coefficient (Wildman–Crippen LogP) is 3.89. The quantitative estimate of drug-likeness (QED) is 0.781. The average Bonchev–Trinajstić information content (AvgIpc) is 3.07. The first-order valence-corrected chi connectivity index (χ1v) is 7.73. The lowest BCUT2D eigenvalue weighted by Crippen LogP contribution is -2.31. The fourth-order valence-corrected chi connectivity index (χ4v) is 3.47. The second kappa shape index (κ2) is 4.72. The van der Waals surface area contributed by atoms with Crippen molar-refractivity contribution in [1.82, 2.24) is 5.32 Å². The molecule has 0 N–H and O–H groups in total. The molecule has 1 spiro atoms. The largest absolute Gasteiger partial charge is 0.347 e. The van der Waals surface area contributed by atoms with Crippen molar-refractivity contribution in [3.05, 3.63) is 46.1 Å². The van der Waals surface area contributed by atoms with E-state index in [0.29, 0.717) is 0 Å². The van der Waals surface area contributed by atoms with Crippen LogP contribution < -0.4 is 5.32 Å². The van der Waals surface area contributed by atoms with Crippen molar-refractivity contribution in [2.45, 2.75) is 25.0 Å². The summed E-state index contributed by atoms with van der Waals surface area (Å²) in [6, 6.07) is 6.23. The summed E-state index contributed by atoms with van der Waals surface area (Å²) in [5, 5.41) is 4.50. The van der Waals surface area contributed by atoms with Crippen molar-refractivity contribution in [3.63, 3.8) is 0 Å². The Kier molecular flexibility index (Phi) is 2.98. The van der Waals surface area contributed by atoms with E-state index < -0.39 is 0 Å². The van der Waals surface area contributed by atoms with Gasteiger partial charge < -0.3 is 9.47 Å². The number of hydrogen-bond acceptors (Lipinski definition) is 2. The van der Waals surface area contributed by atoms with Gasteiger partial charge in [-0.15, -0.1) is 0 Å².